The zero-order valence-electron chi connectivity index (χ0n) is 22.7. The highest BCUT2D eigenvalue weighted by atomic mass is 16.2. The van der Waals surface area contributed by atoms with Crippen LogP contribution in [0, 0.1) is 5.41 Å². The summed E-state index contributed by atoms with van der Waals surface area (Å²) in [6.07, 6.45) is 5.96. The second kappa shape index (κ2) is 9.26. The van der Waals surface area contributed by atoms with Crippen LogP contribution in [-0.2, 0) is 24.8 Å². The van der Waals surface area contributed by atoms with E-state index in [1.165, 1.54) is 0 Å². The average Bonchev–Trinajstić information content (AvgIpc) is 3.41. The molecule has 1 aromatic carbocycles. The van der Waals surface area contributed by atoms with Gasteiger partial charge in [-0.3, -0.25) is 9.59 Å². The van der Waals surface area contributed by atoms with Gasteiger partial charge >= 0.3 is 0 Å². The van der Waals surface area contributed by atoms with Crippen LogP contribution in [0.15, 0.2) is 30.3 Å². The van der Waals surface area contributed by atoms with E-state index in [4.69, 9.17) is 9.97 Å². The van der Waals surface area contributed by atoms with Gasteiger partial charge in [0, 0.05) is 36.5 Å². The average molecular weight is 513 g/mol. The molecule has 0 saturated heterocycles. The van der Waals surface area contributed by atoms with Gasteiger partial charge in [-0.05, 0) is 62.1 Å². The van der Waals surface area contributed by atoms with E-state index in [1.807, 2.05) is 40.0 Å². The number of rotatable bonds is 1. The van der Waals surface area contributed by atoms with Crippen molar-refractivity contribution >= 4 is 33.9 Å². The minimum atomic E-state index is -0.393. The predicted octanol–water partition coefficient (Wildman–Crippen LogP) is 5.04. The monoisotopic (exact) mass is 512 g/mol. The first-order chi connectivity index (χ1) is 18.2. The SMILES string of the molecule is C[C@H]1NC(=O)C(C)(C)CCCCCCn2c(-c3nc4cc5c(cc4n3C)CCNC5=O)cc3ccc1nc32. The molecule has 0 unspecified atom stereocenters. The number of fused-ring (bicyclic) bond motifs is 3. The standard InChI is InChI=1S/C30H36N6O2/c1-18-22-10-9-20-16-25(27-34-23-17-21-19(11-13-31-28(21)37)15-24(23)35(27)4)36(26(20)33-22)14-8-6-5-7-12-30(2,3)29(38)32-18/h9-10,15-18H,5-8,11-14H2,1-4H3,(H,31,37)(H,32,38)/t18-/m1/s1. The number of pyridine rings is 1. The van der Waals surface area contributed by atoms with E-state index in [1.54, 1.807) is 0 Å². The Bertz CT molecular complexity index is 1580. The summed E-state index contributed by atoms with van der Waals surface area (Å²) < 4.78 is 4.42. The molecule has 198 valence electrons. The summed E-state index contributed by atoms with van der Waals surface area (Å²) in [4.78, 5) is 35.6. The number of nitrogens with one attached hydrogen (secondary N) is 2. The third-order valence-corrected chi connectivity index (χ3v) is 8.36. The molecular weight excluding hydrogens is 476 g/mol. The van der Waals surface area contributed by atoms with Gasteiger partial charge in [0.25, 0.3) is 5.91 Å². The molecule has 4 aromatic rings. The lowest BCUT2D eigenvalue weighted by Gasteiger charge is -2.26. The number of imidazole rings is 1. The highest BCUT2D eigenvalue weighted by Gasteiger charge is 2.29. The van der Waals surface area contributed by atoms with Crippen LogP contribution in [0.4, 0.5) is 0 Å². The molecule has 0 radical (unpaired) electrons. The first kappa shape index (κ1) is 24.6. The number of carbonyl (C=O) groups is 2. The minimum Gasteiger partial charge on any atom is -0.352 e. The Labute approximate surface area is 222 Å². The fourth-order valence-corrected chi connectivity index (χ4v) is 5.90. The summed E-state index contributed by atoms with van der Waals surface area (Å²) in [6.45, 7) is 7.59. The van der Waals surface area contributed by atoms with Crippen LogP contribution in [0.5, 0.6) is 0 Å². The van der Waals surface area contributed by atoms with Gasteiger partial charge < -0.3 is 19.8 Å². The number of aromatic nitrogens is 4. The molecule has 5 heterocycles. The molecule has 0 spiro atoms. The Morgan fingerprint density at radius 1 is 1.03 bits per heavy atom. The molecule has 0 fully saturated rings. The third-order valence-electron chi connectivity index (χ3n) is 8.36. The van der Waals surface area contributed by atoms with Gasteiger partial charge in [0.15, 0.2) is 5.82 Å². The Morgan fingerprint density at radius 2 is 1.84 bits per heavy atom. The van der Waals surface area contributed by atoms with Crippen LogP contribution in [0.25, 0.3) is 33.6 Å². The molecule has 2 aliphatic heterocycles. The molecular formula is C30H36N6O2. The number of benzene rings is 1. The first-order valence-electron chi connectivity index (χ1n) is 13.8. The predicted molar refractivity (Wildman–Crippen MR) is 149 cm³/mol. The number of amides is 2. The zero-order valence-corrected chi connectivity index (χ0v) is 22.7. The van der Waals surface area contributed by atoms with Gasteiger partial charge in [0.05, 0.1) is 28.5 Å². The molecule has 38 heavy (non-hydrogen) atoms. The first-order valence-corrected chi connectivity index (χ1v) is 13.8. The number of carbonyl (C=O) groups excluding carboxylic acids is 2. The van der Waals surface area contributed by atoms with Crippen molar-refractivity contribution in [3.63, 3.8) is 0 Å². The molecule has 2 amide bonds. The van der Waals surface area contributed by atoms with Crippen molar-refractivity contribution < 1.29 is 9.59 Å². The largest absolute Gasteiger partial charge is 0.352 e. The van der Waals surface area contributed by atoms with Gasteiger partial charge in [0.1, 0.15) is 5.65 Å². The second-order valence-electron chi connectivity index (χ2n) is 11.6. The van der Waals surface area contributed by atoms with Crippen LogP contribution in [0.3, 0.4) is 0 Å². The van der Waals surface area contributed by atoms with Gasteiger partial charge in [-0.25, -0.2) is 9.97 Å². The molecule has 8 nitrogen and oxygen atoms in total. The Balaban J connectivity index is 1.47. The highest BCUT2D eigenvalue weighted by Crippen LogP contribution is 2.33. The van der Waals surface area contributed by atoms with Crippen molar-refractivity contribution in [1.82, 2.24) is 29.7 Å². The van der Waals surface area contributed by atoms with Crippen LogP contribution in [0.1, 0.15) is 80.5 Å². The zero-order chi connectivity index (χ0) is 26.6. The molecule has 8 heteroatoms. The minimum absolute atomic E-state index is 0.0241. The molecule has 2 bridgehead atoms. The lowest BCUT2D eigenvalue weighted by atomic mass is 9.85. The van der Waals surface area contributed by atoms with E-state index in [0.29, 0.717) is 6.54 Å². The summed E-state index contributed by atoms with van der Waals surface area (Å²) in [5.74, 6) is 0.923. The van der Waals surface area contributed by atoms with Crippen molar-refractivity contribution in [2.75, 3.05) is 6.54 Å². The van der Waals surface area contributed by atoms with E-state index in [2.05, 4.69) is 38.0 Å². The van der Waals surface area contributed by atoms with Crippen molar-refractivity contribution in [1.29, 1.82) is 0 Å². The van der Waals surface area contributed by atoms with Crippen molar-refractivity contribution in [2.45, 2.75) is 71.9 Å². The normalized spacial score (nSPS) is 20.3. The summed E-state index contributed by atoms with van der Waals surface area (Å²) in [6, 6.07) is 10.1. The van der Waals surface area contributed by atoms with Crippen LogP contribution in [-0.4, -0.2) is 37.5 Å². The maximum atomic E-state index is 13.0. The Morgan fingerprint density at radius 3 is 2.68 bits per heavy atom. The van der Waals surface area contributed by atoms with E-state index < -0.39 is 5.41 Å². The highest BCUT2D eigenvalue weighted by molar-refractivity contribution is 6.00. The van der Waals surface area contributed by atoms with Gasteiger partial charge in [-0.1, -0.05) is 33.1 Å². The number of nitrogens with zero attached hydrogens (tertiary/aromatic N) is 4. The molecule has 0 saturated carbocycles. The van der Waals surface area contributed by atoms with Crippen LogP contribution >= 0.6 is 0 Å². The quantitative estimate of drug-likeness (QED) is 0.374. The third kappa shape index (κ3) is 4.16. The maximum absolute atomic E-state index is 13.0. The van der Waals surface area contributed by atoms with Crippen LogP contribution in [0.2, 0.25) is 0 Å². The van der Waals surface area contributed by atoms with E-state index in [-0.39, 0.29) is 17.9 Å². The summed E-state index contributed by atoms with van der Waals surface area (Å²) >= 11 is 0. The van der Waals surface area contributed by atoms with E-state index in [9.17, 15) is 9.59 Å². The number of aryl methyl sites for hydroxylation is 2. The van der Waals surface area contributed by atoms with Gasteiger partial charge in [0.2, 0.25) is 5.91 Å². The van der Waals surface area contributed by atoms with Crippen LogP contribution < -0.4 is 10.6 Å². The fourth-order valence-electron chi connectivity index (χ4n) is 5.90. The van der Waals surface area contributed by atoms with Crippen molar-refractivity contribution in [3.05, 3.63) is 47.2 Å². The van der Waals surface area contributed by atoms with E-state index in [0.717, 1.165) is 95.5 Å². The lowest BCUT2D eigenvalue weighted by Crippen LogP contribution is -2.38. The number of hydrogen-bond acceptors (Lipinski definition) is 4. The van der Waals surface area contributed by atoms with E-state index >= 15 is 0 Å². The smallest absolute Gasteiger partial charge is 0.251 e. The maximum Gasteiger partial charge on any atom is 0.251 e. The Hall–Kier alpha value is -3.68. The second-order valence-corrected chi connectivity index (χ2v) is 11.6. The molecule has 2 aliphatic rings. The summed E-state index contributed by atoms with van der Waals surface area (Å²) in [5.41, 5.74) is 6.05. The molecule has 1 atom stereocenters. The van der Waals surface area contributed by atoms with Crippen molar-refractivity contribution in [2.24, 2.45) is 12.5 Å². The Kier molecular flexibility index (Phi) is 6.00. The van der Waals surface area contributed by atoms with Gasteiger partial charge in [-0.15, -0.1) is 0 Å². The molecule has 3 aromatic heterocycles. The summed E-state index contributed by atoms with van der Waals surface area (Å²) in [7, 11) is 2.05. The molecule has 0 aliphatic carbocycles. The topological polar surface area (TPSA) is 93.8 Å². The summed E-state index contributed by atoms with van der Waals surface area (Å²) in [5, 5.41) is 7.20. The number of hydrogen-bond donors (Lipinski definition) is 2. The molecule has 6 rings (SSSR count). The lowest BCUT2D eigenvalue weighted by molar-refractivity contribution is -0.130. The van der Waals surface area contributed by atoms with Crippen molar-refractivity contribution in [3.8, 4) is 11.5 Å². The molecule has 2 N–H and O–H groups in total. The van der Waals surface area contributed by atoms with Gasteiger partial charge in [-0.2, -0.15) is 0 Å². The fraction of sp³-hybridized carbons (Fsp3) is 0.467.